The van der Waals surface area contributed by atoms with Crippen molar-refractivity contribution in [3.63, 3.8) is 0 Å². The first-order chi connectivity index (χ1) is 27.8. The number of nitrogens with zero attached hydrogens (tertiary/aromatic N) is 6. The van der Waals surface area contributed by atoms with Crippen molar-refractivity contribution in [1.29, 1.82) is 0 Å². The quantitative estimate of drug-likeness (QED) is 0.172. The molecule has 1 aliphatic rings. The molecule has 11 rings (SSSR count). The summed E-state index contributed by atoms with van der Waals surface area (Å²) in [6.07, 6.45) is 11.9. The summed E-state index contributed by atoms with van der Waals surface area (Å²) in [6, 6.07) is 53.7. The summed E-state index contributed by atoms with van der Waals surface area (Å²) >= 11 is 0. The molecule has 0 N–H and O–H groups in total. The highest BCUT2D eigenvalue weighted by Gasteiger charge is 2.19. The Balaban J connectivity index is 1.06. The fourth-order valence-electron chi connectivity index (χ4n) is 8.46. The summed E-state index contributed by atoms with van der Waals surface area (Å²) in [7, 11) is 0. The fraction of sp³-hybridized carbons (Fsp3) is 0.0400. The molecule has 0 saturated carbocycles. The van der Waals surface area contributed by atoms with Crippen LogP contribution in [0.1, 0.15) is 18.4 Å². The van der Waals surface area contributed by atoms with Crippen LogP contribution >= 0.6 is 0 Å². The molecule has 0 amide bonds. The number of hydrogen-bond donors (Lipinski definition) is 0. The van der Waals surface area contributed by atoms with Gasteiger partial charge in [-0.15, -0.1) is 0 Å². The second kappa shape index (κ2) is 13.1. The van der Waals surface area contributed by atoms with Gasteiger partial charge in [-0.3, -0.25) is 19.9 Å². The van der Waals surface area contributed by atoms with Crippen molar-refractivity contribution in [2.45, 2.75) is 12.8 Å². The number of rotatable bonds is 6. The molecule has 0 atom stereocenters. The standard InChI is InChI=1S/C50H34N6/c1-3-16-39(43-18-5-7-26-51-43)37(14-1)33-22-24-45-41(30-33)49-47(20-10-28-53-49)55(45)35-12-9-13-36(32-35)56-46-25-23-34(31-42(46)50-48(56)21-11-29-54-50)38-15-2-4-17-40(38)44-19-6-8-27-52-44/h1-5,7,9-32H,6,8H2. The average Bonchev–Trinajstić information content (AvgIpc) is 3.79. The van der Waals surface area contributed by atoms with Gasteiger partial charge in [-0.2, -0.15) is 0 Å². The van der Waals surface area contributed by atoms with Crippen LogP contribution in [-0.4, -0.2) is 30.3 Å². The predicted octanol–water partition coefficient (Wildman–Crippen LogP) is 12.3. The van der Waals surface area contributed by atoms with Gasteiger partial charge in [0.1, 0.15) is 0 Å². The van der Waals surface area contributed by atoms with E-state index in [0.29, 0.717) is 0 Å². The van der Waals surface area contributed by atoms with Gasteiger partial charge in [-0.05, 0) is 114 Å². The molecule has 1 aliphatic heterocycles. The average molecular weight is 719 g/mol. The number of aromatic nitrogens is 5. The van der Waals surface area contributed by atoms with Crippen LogP contribution < -0.4 is 0 Å². The molecule has 6 nitrogen and oxygen atoms in total. The van der Waals surface area contributed by atoms with Crippen LogP contribution in [0.25, 0.3) is 94.5 Å². The molecule has 0 bridgehead atoms. The minimum absolute atomic E-state index is 0.952. The molecule has 0 unspecified atom stereocenters. The lowest BCUT2D eigenvalue weighted by Gasteiger charge is -2.14. The van der Waals surface area contributed by atoms with Gasteiger partial charge in [0.15, 0.2) is 0 Å². The highest BCUT2D eigenvalue weighted by Crippen LogP contribution is 2.39. The van der Waals surface area contributed by atoms with Crippen LogP contribution in [0.15, 0.2) is 181 Å². The zero-order valence-electron chi connectivity index (χ0n) is 30.4. The summed E-state index contributed by atoms with van der Waals surface area (Å²) in [6.45, 7) is 0. The second-order valence-corrected chi connectivity index (χ2v) is 14.2. The molecule has 6 heteroatoms. The third kappa shape index (κ3) is 5.18. The monoisotopic (exact) mass is 718 g/mol. The zero-order chi connectivity index (χ0) is 37.0. The molecule has 5 aromatic carbocycles. The van der Waals surface area contributed by atoms with Gasteiger partial charge in [-0.1, -0.05) is 78.9 Å². The summed E-state index contributed by atoms with van der Waals surface area (Å²) < 4.78 is 4.67. The Kier molecular flexibility index (Phi) is 7.52. The Hall–Kier alpha value is -7.44. The highest BCUT2D eigenvalue weighted by atomic mass is 15.0. The topological polar surface area (TPSA) is 60.9 Å². The maximum Gasteiger partial charge on any atom is 0.0963 e. The highest BCUT2D eigenvalue weighted by molar-refractivity contribution is 6.10. The molecule has 0 spiro atoms. The number of fused-ring (bicyclic) bond motifs is 6. The minimum atomic E-state index is 0.952. The normalized spacial score (nSPS) is 12.9. The Bertz CT molecular complexity index is 3200. The SMILES string of the molecule is C1=NC(c2ccccc2-c2ccc3c(c2)c2ncccc2n3-c2cccc(-n3c4ccc(-c5ccccc5-c5ccccn5)cc4c4ncccc43)c2)=CCC1. The van der Waals surface area contributed by atoms with Crippen molar-refractivity contribution in [2.24, 2.45) is 4.99 Å². The van der Waals surface area contributed by atoms with Gasteiger partial charge in [0.25, 0.3) is 0 Å². The van der Waals surface area contributed by atoms with Crippen LogP contribution in [-0.2, 0) is 0 Å². The van der Waals surface area contributed by atoms with E-state index in [2.05, 4.69) is 148 Å². The van der Waals surface area contributed by atoms with Gasteiger partial charge in [0.2, 0.25) is 0 Å². The number of hydrogen-bond acceptors (Lipinski definition) is 4. The van der Waals surface area contributed by atoms with Crippen LogP contribution in [0.5, 0.6) is 0 Å². The van der Waals surface area contributed by atoms with E-state index in [0.717, 1.165) is 107 Å². The van der Waals surface area contributed by atoms with E-state index in [1.165, 1.54) is 5.56 Å². The van der Waals surface area contributed by atoms with Crippen molar-refractivity contribution in [3.05, 3.63) is 182 Å². The van der Waals surface area contributed by atoms with Gasteiger partial charge >= 0.3 is 0 Å². The van der Waals surface area contributed by atoms with E-state index in [-0.39, 0.29) is 0 Å². The molecule has 0 saturated heterocycles. The van der Waals surface area contributed by atoms with Crippen molar-refractivity contribution < 1.29 is 0 Å². The van der Waals surface area contributed by atoms with Gasteiger partial charge < -0.3 is 9.13 Å². The van der Waals surface area contributed by atoms with E-state index >= 15 is 0 Å². The van der Waals surface area contributed by atoms with Gasteiger partial charge in [-0.25, -0.2) is 0 Å². The van der Waals surface area contributed by atoms with Crippen LogP contribution in [0.4, 0.5) is 0 Å². The molecule has 6 heterocycles. The lowest BCUT2D eigenvalue weighted by Crippen LogP contribution is -1.98. The molecular weight excluding hydrogens is 685 g/mol. The molecule has 0 aliphatic carbocycles. The summed E-state index contributed by atoms with van der Waals surface area (Å²) in [5, 5.41) is 2.21. The summed E-state index contributed by atoms with van der Waals surface area (Å²) in [4.78, 5) is 19.3. The molecular formula is C50H34N6. The second-order valence-electron chi connectivity index (χ2n) is 14.2. The minimum Gasteiger partial charge on any atom is -0.308 e. The first-order valence-electron chi connectivity index (χ1n) is 19.0. The molecule has 264 valence electrons. The fourth-order valence-corrected chi connectivity index (χ4v) is 8.46. The smallest absolute Gasteiger partial charge is 0.0963 e. The van der Waals surface area contributed by atoms with Gasteiger partial charge in [0, 0.05) is 58.1 Å². The Morgan fingerprint density at radius 2 is 0.982 bits per heavy atom. The van der Waals surface area contributed by atoms with Crippen LogP contribution in [0.2, 0.25) is 0 Å². The molecule has 5 aromatic heterocycles. The molecule has 56 heavy (non-hydrogen) atoms. The van der Waals surface area contributed by atoms with E-state index in [9.17, 15) is 0 Å². The van der Waals surface area contributed by atoms with Crippen molar-refractivity contribution in [1.82, 2.24) is 24.1 Å². The Morgan fingerprint density at radius 3 is 1.57 bits per heavy atom. The Labute approximate surface area is 323 Å². The first-order valence-corrected chi connectivity index (χ1v) is 19.0. The molecule has 0 radical (unpaired) electrons. The van der Waals surface area contributed by atoms with Crippen molar-refractivity contribution in [3.8, 4) is 44.9 Å². The largest absolute Gasteiger partial charge is 0.308 e. The number of aliphatic imine (C=N–C) groups is 1. The maximum atomic E-state index is 4.94. The third-order valence-corrected chi connectivity index (χ3v) is 10.9. The zero-order valence-corrected chi connectivity index (χ0v) is 30.4. The number of allylic oxidation sites excluding steroid dienone is 1. The van der Waals surface area contributed by atoms with Crippen molar-refractivity contribution in [2.75, 3.05) is 0 Å². The van der Waals surface area contributed by atoms with Crippen LogP contribution in [0, 0.1) is 0 Å². The number of benzene rings is 5. The Morgan fingerprint density at radius 1 is 0.411 bits per heavy atom. The van der Waals surface area contributed by atoms with Gasteiger partial charge in [0.05, 0.1) is 44.5 Å². The van der Waals surface area contributed by atoms with Crippen molar-refractivity contribution >= 4 is 55.8 Å². The van der Waals surface area contributed by atoms with E-state index in [4.69, 9.17) is 15.0 Å². The van der Waals surface area contributed by atoms with E-state index < -0.39 is 0 Å². The lowest BCUT2D eigenvalue weighted by molar-refractivity contribution is 1.09. The maximum absolute atomic E-state index is 4.94. The summed E-state index contributed by atoms with van der Waals surface area (Å²) in [5.41, 5.74) is 17.2. The summed E-state index contributed by atoms with van der Waals surface area (Å²) in [5.74, 6) is 0. The van der Waals surface area contributed by atoms with Crippen LogP contribution in [0.3, 0.4) is 0 Å². The first kappa shape index (κ1) is 32.0. The van der Waals surface area contributed by atoms with E-state index in [1.807, 2.05) is 49.1 Å². The predicted molar refractivity (Wildman–Crippen MR) is 231 cm³/mol. The van der Waals surface area contributed by atoms with E-state index in [1.54, 1.807) is 0 Å². The lowest BCUT2D eigenvalue weighted by atomic mass is 9.95. The number of pyridine rings is 3. The molecule has 0 fully saturated rings. The third-order valence-electron chi connectivity index (χ3n) is 10.9. The molecule has 10 aromatic rings.